The highest BCUT2D eigenvalue weighted by molar-refractivity contribution is 5.89. The molecule has 110 valence electrons. The molecule has 1 saturated heterocycles. The van der Waals surface area contributed by atoms with Gasteiger partial charge >= 0.3 is 5.97 Å². The summed E-state index contributed by atoms with van der Waals surface area (Å²) < 4.78 is 5.68. The number of carbonyl (C=O) groups is 1. The van der Waals surface area contributed by atoms with Gasteiger partial charge in [-0.25, -0.2) is 4.79 Å². The van der Waals surface area contributed by atoms with Crippen LogP contribution in [0.15, 0.2) is 18.2 Å². The van der Waals surface area contributed by atoms with Gasteiger partial charge in [0.25, 0.3) is 0 Å². The van der Waals surface area contributed by atoms with Gasteiger partial charge in [-0.05, 0) is 49.9 Å². The van der Waals surface area contributed by atoms with Crippen LogP contribution in [0.4, 0.5) is 0 Å². The van der Waals surface area contributed by atoms with E-state index in [1.54, 1.807) is 19.1 Å². The first-order chi connectivity index (χ1) is 9.56. The number of hydrogen-bond acceptors (Lipinski definition) is 3. The standard InChI is InChI=1S/C16H23NO3/c1-12-4-3-7-17(11-12)8-9-20-14-6-5-13(2)15(10-14)16(18)19/h5-6,10,12H,3-4,7-9,11H2,1-2H3,(H,18,19). The molecule has 0 amide bonds. The highest BCUT2D eigenvalue weighted by atomic mass is 16.5. The van der Waals surface area contributed by atoms with Crippen LogP contribution in [0.1, 0.15) is 35.7 Å². The van der Waals surface area contributed by atoms with Crippen molar-refractivity contribution in [3.63, 3.8) is 0 Å². The van der Waals surface area contributed by atoms with E-state index in [4.69, 9.17) is 9.84 Å². The Labute approximate surface area is 120 Å². The minimum absolute atomic E-state index is 0.314. The Morgan fingerprint density at radius 1 is 1.50 bits per heavy atom. The average Bonchev–Trinajstić information content (AvgIpc) is 2.40. The maximum Gasteiger partial charge on any atom is 0.336 e. The van der Waals surface area contributed by atoms with Crippen molar-refractivity contribution in [2.24, 2.45) is 5.92 Å². The third-order valence-electron chi connectivity index (χ3n) is 3.86. The molecule has 1 aliphatic rings. The molecule has 1 atom stereocenters. The summed E-state index contributed by atoms with van der Waals surface area (Å²) in [6.07, 6.45) is 2.58. The zero-order valence-electron chi connectivity index (χ0n) is 12.3. The minimum Gasteiger partial charge on any atom is -0.492 e. The van der Waals surface area contributed by atoms with Gasteiger partial charge in [0, 0.05) is 13.1 Å². The lowest BCUT2D eigenvalue weighted by molar-refractivity contribution is 0.0695. The summed E-state index contributed by atoms with van der Waals surface area (Å²) in [5.74, 6) is 0.498. The van der Waals surface area contributed by atoms with Gasteiger partial charge in [-0.2, -0.15) is 0 Å². The Morgan fingerprint density at radius 3 is 3.00 bits per heavy atom. The third kappa shape index (κ3) is 3.97. The number of carboxylic acids is 1. The van der Waals surface area contributed by atoms with E-state index in [1.165, 1.54) is 12.8 Å². The molecule has 1 aromatic carbocycles. The van der Waals surface area contributed by atoms with Crippen LogP contribution in [0, 0.1) is 12.8 Å². The molecular weight excluding hydrogens is 254 g/mol. The molecule has 0 saturated carbocycles. The Kier molecular flexibility index (Phi) is 5.01. The molecule has 0 aromatic heterocycles. The Bertz CT molecular complexity index is 473. The predicted octanol–water partition coefficient (Wildman–Crippen LogP) is 2.80. The van der Waals surface area contributed by atoms with Gasteiger partial charge < -0.3 is 9.84 Å². The number of likely N-dealkylation sites (tertiary alicyclic amines) is 1. The predicted molar refractivity (Wildman–Crippen MR) is 78.5 cm³/mol. The third-order valence-corrected chi connectivity index (χ3v) is 3.86. The fourth-order valence-electron chi connectivity index (χ4n) is 2.70. The van der Waals surface area contributed by atoms with Crippen molar-refractivity contribution in [2.45, 2.75) is 26.7 Å². The number of aryl methyl sites for hydroxylation is 1. The van der Waals surface area contributed by atoms with Gasteiger partial charge in [0.15, 0.2) is 0 Å². The molecule has 2 rings (SSSR count). The summed E-state index contributed by atoms with van der Waals surface area (Å²) in [6, 6.07) is 5.23. The lowest BCUT2D eigenvalue weighted by atomic mass is 10.0. The number of benzene rings is 1. The van der Waals surface area contributed by atoms with E-state index >= 15 is 0 Å². The van der Waals surface area contributed by atoms with Crippen LogP contribution in [0.25, 0.3) is 0 Å². The van der Waals surface area contributed by atoms with Crippen LogP contribution >= 0.6 is 0 Å². The van der Waals surface area contributed by atoms with Crippen LogP contribution in [0.2, 0.25) is 0 Å². The molecule has 1 aliphatic heterocycles. The van der Waals surface area contributed by atoms with Crippen LogP contribution in [0.3, 0.4) is 0 Å². The summed E-state index contributed by atoms with van der Waals surface area (Å²) in [4.78, 5) is 13.5. The van der Waals surface area contributed by atoms with Crippen molar-refractivity contribution in [2.75, 3.05) is 26.2 Å². The van der Waals surface area contributed by atoms with Gasteiger partial charge in [0.2, 0.25) is 0 Å². The summed E-state index contributed by atoms with van der Waals surface area (Å²) in [5.41, 5.74) is 1.07. The maximum atomic E-state index is 11.1. The molecule has 1 N–H and O–H groups in total. The second kappa shape index (κ2) is 6.75. The summed E-state index contributed by atoms with van der Waals surface area (Å²) >= 11 is 0. The highest BCUT2D eigenvalue weighted by Gasteiger charge is 2.15. The first-order valence-electron chi connectivity index (χ1n) is 7.25. The fraction of sp³-hybridized carbons (Fsp3) is 0.562. The van der Waals surface area contributed by atoms with Gasteiger partial charge in [-0.3, -0.25) is 4.90 Å². The zero-order chi connectivity index (χ0) is 14.5. The van der Waals surface area contributed by atoms with Gasteiger partial charge in [0.1, 0.15) is 12.4 Å². The number of ether oxygens (including phenoxy) is 1. The average molecular weight is 277 g/mol. The largest absolute Gasteiger partial charge is 0.492 e. The molecule has 0 bridgehead atoms. The zero-order valence-corrected chi connectivity index (χ0v) is 12.3. The fourth-order valence-corrected chi connectivity index (χ4v) is 2.70. The number of carboxylic acid groups (broad SMARTS) is 1. The number of piperidine rings is 1. The molecular formula is C16H23NO3. The van der Waals surface area contributed by atoms with Crippen molar-refractivity contribution in [3.8, 4) is 5.75 Å². The van der Waals surface area contributed by atoms with Crippen molar-refractivity contribution in [1.82, 2.24) is 4.90 Å². The van der Waals surface area contributed by atoms with Gasteiger partial charge in [-0.1, -0.05) is 13.0 Å². The van der Waals surface area contributed by atoms with E-state index in [1.807, 2.05) is 6.07 Å². The molecule has 4 nitrogen and oxygen atoms in total. The summed E-state index contributed by atoms with van der Waals surface area (Å²) in [7, 11) is 0. The van der Waals surface area contributed by atoms with E-state index in [2.05, 4.69) is 11.8 Å². The maximum absolute atomic E-state index is 11.1. The molecule has 4 heteroatoms. The molecule has 20 heavy (non-hydrogen) atoms. The first-order valence-corrected chi connectivity index (χ1v) is 7.25. The highest BCUT2D eigenvalue weighted by Crippen LogP contribution is 2.18. The monoisotopic (exact) mass is 277 g/mol. The molecule has 1 unspecified atom stereocenters. The molecule has 0 aliphatic carbocycles. The van der Waals surface area contributed by atoms with Crippen molar-refractivity contribution in [3.05, 3.63) is 29.3 Å². The van der Waals surface area contributed by atoms with E-state index in [-0.39, 0.29) is 0 Å². The molecule has 0 radical (unpaired) electrons. The molecule has 0 spiro atoms. The Hall–Kier alpha value is -1.55. The van der Waals surface area contributed by atoms with E-state index in [9.17, 15) is 4.79 Å². The van der Waals surface area contributed by atoms with Gasteiger partial charge in [0.05, 0.1) is 5.56 Å². The second-order valence-electron chi connectivity index (χ2n) is 5.68. The normalized spacial score (nSPS) is 19.8. The van der Waals surface area contributed by atoms with Gasteiger partial charge in [-0.15, -0.1) is 0 Å². The minimum atomic E-state index is -0.905. The van der Waals surface area contributed by atoms with Crippen molar-refractivity contribution < 1.29 is 14.6 Å². The number of hydrogen-bond donors (Lipinski definition) is 1. The molecule has 1 fully saturated rings. The van der Waals surface area contributed by atoms with E-state index in [0.29, 0.717) is 17.9 Å². The number of nitrogens with zero attached hydrogens (tertiary/aromatic N) is 1. The Morgan fingerprint density at radius 2 is 2.30 bits per heavy atom. The lowest BCUT2D eigenvalue weighted by Crippen LogP contribution is -2.37. The second-order valence-corrected chi connectivity index (χ2v) is 5.68. The number of rotatable bonds is 5. The molecule has 1 aromatic rings. The Balaban J connectivity index is 1.85. The van der Waals surface area contributed by atoms with Crippen molar-refractivity contribution >= 4 is 5.97 Å². The number of aromatic carboxylic acids is 1. The quantitative estimate of drug-likeness (QED) is 0.899. The summed E-state index contributed by atoms with van der Waals surface area (Å²) in [5, 5.41) is 9.08. The van der Waals surface area contributed by atoms with E-state index < -0.39 is 5.97 Å². The van der Waals surface area contributed by atoms with Crippen LogP contribution in [0.5, 0.6) is 5.75 Å². The first kappa shape index (κ1) is 14.9. The van der Waals surface area contributed by atoms with E-state index in [0.717, 1.165) is 31.1 Å². The van der Waals surface area contributed by atoms with Crippen LogP contribution < -0.4 is 4.74 Å². The van der Waals surface area contributed by atoms with Crippen LogP contribution in [-0.4, -0.2) is 42.2 Å². The smallest absolute Gasteiger partial charge is 0.336 e. The topological polar surface area (TPSA) is 49.8 Å². The molecule has 1 heterocycles. The SMILES string of the molecule is Cc1ccc(OCCN2CCCC(C)C2)cc1C(=O)O. The summed E-state index contributed by atoms with van der Waals surface area (Å²) in [6.45, 7) is 7.86. The lowest BCUT2D eigenvalue weighted by Gasteiger charge is -2.30. The van der Waals surface area contributed by atoms with Crippen LogP contribution in [-0.2, 0) is 0 Å². The van der Waals surface area contributed by atoms with Crippen molar-refractivity contribution in [1.29, 1.82) is 0 Å².